The first-order valence-corrected chi connectivity index (χ1v) is 10.5. The summed E-state index contributed by atoms with van der Waals surface area (Å²) in [6.07, 6.45) is 0. The van der Waals surface area contributed by atoms with Crippen molar-refractivity contribution in [2.45, 2.75) is 13.0 Å². The van der Waals surface area contributed by atoms with E-state index in [1.54, 1.807) is 61.7 Å². The zero-order valence-corrected chi connectivity index (χ0v) is 18.6. The molecule has 0 spiro atoms. The first-order chi connectivity index (χ1) is 14.9. The highest BCUT2D eigenvalue weighted by Gasteiger charge is 2.47. The number of benzene rings is 3. The number of carbonyl (C=O) groups excluding carboxylic acids is 2. The Morgan fingerprint density at radius 2 is 1.61 bits per heavy atom. The van der Waals surface area contributed by atoms with Gasteiger partial charge in [0.05, 0.1) is 18.7 Å². The van der Waals surface area contributed by atoms with Crippen molar-refractivity contribution in [2.75, 3.05) is 12.0 Å². The SMILES string of the molecule is COc1ccc(C2/C(=C(\O)c3ccc(Br)cc3)C(=O)C(=O)N2c2ccccc2C)cc1. The van der Waals surface area contributed by atoms with Crippen LogP contribution in [0.25, 0.3) is 5.76 Å². The first kappa shape index (κ1) is 20.9. The molecule has 1 aliphatic heterocycles. The van der Waals surface area contributed by atoms with Crippen molar-refractivity contribution in [1.29, 1.82) is 0 Å². The number of carbonyl (C=O) groups is 2. The maximum Gasteiger partial charge on any atom is 0.300 e. The third-order valence-corrected chi connectivity index (χ3v) is 5.90. The van der Waals surface area contributed by atoms with Gasteiger partial charge in [0, 0.05) is 15.7 Å². The van der Waals surface area contributed by atoms with Crippen molar-refractivity contribution in [3.05, 3.63) is 99.5 Å². The number of halogens is 1. The Labute approximate surface area is 188 Å². The number of hydrogen-bond donors (Lipinski definition) is 1. The average molecular weight is 478 g/mol. The fourth-order valence-corrected chi connectivity index (χ4v) is 4.04. The smallest absolute Gasteiger partial charge is 0.300 e. The van der Waals surface area contributed by atoms with Gasteiger partial charge in [-0.1, -0.05) is 58.4 Å². The second-order valence-corrected chi connectivity index (χ2v) is 8.15. The van der Waals surface area contributed by atoms with E-state index in [0.29, 0.717) is 22.6 Å². The molecule has 31 heavy (non-hydrogen) atoms. The predicted molar refractivity (Wildman–Crippen MR) is 123 cm³/mol. The Morgan fingerprint density at radius 1 is 0.968 bits per heavy atom. The van der Waals surface area contributed by atoms with Gasteiger partial charge in [-0.3, -0.25) is 14.5 Å². The molecular formula is C25H20BrNO4. The number of anilines is 1. The van der Waals surface area contributed by atoms with Crippen molar-refractivity contribution >= 4 is 39.1 Å². The molecule has 3 aromatic carbocycles. The topological polar surface area (TPSA) is 66.8 Å². The van der Waals surface area contributed by atoms with Crippen LogP contribution in [0.15, 0.2) is 82.8 Å². The summed E-state index contributed by atoms with van der Waals surface area (Å²) in [6.45, 7) is 1.88. The van der Waals surface area contributed by atoms with Crippen LogP contribution in [0.1, 0.15) is 22.7 Å². The predicted octanol–water partition coefficient (Wildman–Crippen LogP) is 5.39. The van der Waals surface area contributed by atoms with Crippen LogP contribution in [0, 0.1) is 6.92 Å². The van der Waals surface area contributed by atoms with Crippen molar-refractivity contribution in [3.8, 4) is 5.75 Å². The van der Waals surface area contributed by atoms with Gasteiger partial charge in [-0.25, -0.2) is 0 Å². The van der Waals surface area contributed by atoms with Gasteiger partial charge in [0.15, 0.2) is 0 Å². The Kier molecular flexibility index (Phi) is 5.65. The Morgan fingerprint density at radius 3 is 2.23 bits per heavy atom. The molecular weight excluding hydrogens is 458 g/mol. The summed E-state index contributed by atoms with van der Waals surface area (Å²) < 4.78 is 6.09. The highest BCUT2D eigenvalue weighted by molar-refractivity contribution is 9.10. The highest BCUT2D eigenvalue weighted by atomic mass is 79.9. The van der Waals surface area contributed by atoms with Gasteiger partial charge in [-0.2, -0.15) is 0 Å². The molecule has 0 aromatic heterocycles. The summed E-state index contributed by atoms with van der Waals surface area (Å²) in [5.74, 6) is -0.939. The molecule has 1 atom stereocenters. The molecule has 5 nitrogen and oxygen atoms in total. The highest BCUT2D eigenvalue weighted by Crippen LogP contribution is 2.43. The van der Waals surface area contributed by atoms with Gasteiger partial charge in [0.2, 0.25) is 0 Å². The number of aliphatic hydroxyl groups is 1. The number of para-hydroxylation sites is 1. The van der Waals surface area contributed by atoms with E-state index in [1.165, 1.54) is 4.90 Å². The first-order valence-electron chi connectivity index (χ1n) is 9.69. The van der Waals surface area contributed by atoms with E-state index in [-0.39, 0.29) is 11.3 Å². The number of methoxy groups -OCH3 is 1. The Bertz CT molecular complexity index is 1180. The minimum atomic E-state index is -0.768. The zero-order chi connectivity index (χ0) is 22.1. The van der Waals surface area contributed by atoms with Gasteiger partial charge < -0.3 is 9.84 Å². The van der Waals surface area contributed by atoms with Crippen molar-refractivity contribution in [1.82, 2.24) is 0 Å². The molecule has 1 saturated heterocycles. The molecule has 1 N–H and O–H groups in total. The molecule has 0 radical (unpaired) electrons. The molecule has 1 aliphatic rings. The van der Waals surface area contributed by atoms with Gasteiger partial charge in [0.25, 0.3) is 11.7 Å². The van der Waals surface area contributed by atoms with E-state index in [2.05, 4.69) is 15.9 Å². The summed E-state index contributed by atoms with van der Waals surface area (Å²) in [6, 6.07) is 20.7. The van der Waals surface area contributed by atoms with E-state index >= 15 is 0 Å². The van der Waals surface area contributed by atoms with E-state index in [0.717, 1.165) is 10.0 Å². The minimum Gasteiger partial charge on any atom is -0.507 e. The van der Waals surface area contributed by atoms with Crippen LogP contribution in [0.2, 0.25) is 0 Å². The summed E-state index contributed by atoms with van der Waals surface area (Å²) in [5.41, 5.74) is 2.69. The van der Waals surface area contributed by atoms with Crippen molar-refractivity contribution < 1.29 is 19.4 Å². The summed E-state index contributed by atoms with van der Waals surface area (Å²) in [5, 5.41) is 11.1. The summed E-state index contributed by atoms with van der Waals surface area (Å²) >= 11 is 3.37. The van der Waals surface area contributed by atoms with Crippen LogP contribution >= 0.6 is 15.9 Å². The summed E-state index contributed by atoms with van der Waals surface area (Å²) in [7, 11) is 1.57. The maximum absolute atomic E-state index is 13.2. The molecule has 1 unspecified atom stereocenters. The number of ketones is 1. The fraction of sp³-hybridized carbons (Fsp3) is 0.120. The lowest BCUT2D eigenvalue weighted by molar-refractivity contribution is -0.132. The monoisotopic (exact) mass is 477 g/mol. The number of hydrogen-bond acceptors (Lipinski definition) is 4. The third-order valence-electron chi connectivity index (χ3n) is 5.37. The number of Topliss-reactive ketones (excluding diaryl/α,β-unsaturated/α-hetero) is 1. The maximum atomic E-state index is 13.2. The quantitative estimate of drug-likeness (QED) is 0.310. The lowest BCUT2D eigenvalue weighted by Crippen LogP contribution is -2.30. The van der Waals surface area contributed by atoms with E-state index < -0.39 is 17.7 Å². The van der Waals surface area contributed by atoms with E-state index in [9.17, 15) is 14.7 Å². The largest absolute Gasteiger partial charge is 0.507 e. The normalized spacial score (nSPS) is 17.8. The Hall–Kier alpha value is -3.38. The molecule has 0 aliphatic carbocycles. The van der Waals surface area contributed by atoms with Gasteiger partial charge in [0.1, 0.15) is 11.5 Å². The number of amides is 1. The van der Waals surface area contributed by atoms with Crippen molar-refractivity contribution in [3.63, 3.8) is 0 Å². The van der Waals surface area contributed by atoms with E-state index in [1.807, 2.05) is 25.1 Å². The molecule has 1 fully saturated rings. The van der Waals surface area contributed by atoms with Crippen LogP contribution < -0.4 is 9.64 Å². The zero-order valence-electron chi connectivity index (χ0n) is 17.0. The molecule has 3 aromatic rings. The fourth-order valence-electron chi connectivity index (χ4n) is 3.78. The van der Waals surface area contributed by atoms with Gasteiger partial charge in [-0.05, 0) is 48.4 Å². The van der Waals surface area contributed by atoms with Crippen LogP contribution in [0.5, 0.6) is 5.75 Å². The average Bonchev–Trinajstić information content (AvgIpc) is 3.05. The molecule has 0 bridgehead atoms. The second kappa shape index (κ2) is 8.40. The summed E-state index contributed by atoms with van der Waals surface area (Å²) in [4.78, 5) is 27.8. The molecule has 1 heterocycles. The third kappa shape index (κ3) is 3.75. The standard InChI is InChI=1S/C25H20BrNO4/c1-15-5-3-4-6-20(15)27-22(16-9-13-19(31-2)14-10-16)21(24(29)25(27)30)23(28)17-7-11-18(26)12-8-17/h3-14,22,28H,1-2H3/b23-21+. The lowest BCUT2D eigenvalue weighted by Gasteiger charge is -2.27. The minimum absolute atomic E-state index is 0.0562. The van der Waals surface area contributed by atoms with Gasteiger partial charge >= 0.3 is 0 Å². The molecule has 0 saturated carbocycles. The van der Waals surface area contributed by atoms with Crippen LogP contribution in [-0.2, 0) is 9.59 Å². The second-order valence-electron chi connectivity index (χ2n) is 7.24. The number of ether oxygens (including phenoxy) is 1. The van der Waals surface area contributed by atoms with Crippen molar-refractivity contribution in [2.24, 2.45) is 0 Å². The molecule has 4 rings (SSSR count). The number of aryl methyl sites for hydroxylation is 1. The lowest BCUT2D eigenvalue weighted by atomic mass is 9.95. The van der Waals surface area contributed by atoms with Crippen LogP contribution in [0.3, 0.4) is 0 Å². The number of aliphatic hydroxyl groups excluding tert-OH is 1. The van der Waals surface area contributed by atoms with Crippen LogP contribution in [-0.4, -0.2) is 23.9 Å². The molecule has 6 heteroatoms. The molecule has 156 valence electrons. The number of rotatable bonds is 4. The van der Waals surface area contributed by atoms with E-state index in [4.69, 9.17) is 4.74 Å². The molecule has 1 amide bonds. The van der Waals surface area contributed by atoms with Gasteiger partial charge in [-0.15, -0.1) is 0 Å². The Balaban J connectivity index is 1.95. The van der Waals surface area contributed by atoms with Crippen LogP contribution in [0.4, 0.5) is 5.69 Å². The number of nitrogens with zero attached hydrogens (tertiary/aromatic N) is 1.